The van der Waals surface area contributed by atoms with Crippen molar-refractivity contribution in [2.24, 2.45) is 0 Å². The maximum atomic E-state index is 13.4. The van der Waals surface area contributed by atoms with Crippen molar-refractivity contribution in [3.63, 3.8) is 0 Å². The molecular formula is C12H11F3O. The first-order valence-electron chi connectivity index (χ1n) is 4.53. The van der Waals surface area contributed by atoms with Crippen LogP contribution >= 0.6 is 0 Å². The third-order valence-corrected chi connectivity index (χ3v) is 2.28. The van der Waals surface area contributed by atoms with E-state index in [0.717, 1.165) is 0 Å². The van der Waals surface area contributed by atoms with Crippen LogP contribution in [0.5, 0.6) is 5.75 Å². The fraction of sp³-hybridized carbons (Fsp3) is 0.167. The quantitative estimate of drug-likeness (QED) is 0.434. The monoisotopic (exact) mass is 228 g/mol. The van der Waals surface area contributed by atoms with Gasteiger partial charge in [0.25, 0.3) is 0 Å². The van der Waals surface area contributed by atoms with Gasteiger partial charge >= 0.3 is 0 Å². The normalized spacial score (nSPS) is 10.1. The van der Waals surface area contributed by atoms with Crippen LogP contribution in [0, 0.1) is 31.3 Å². The number of benzene rings is 1. The van der Waals surface area contributed by atoms with Gasteiger partial charge in [-0.15, -0.1) is 0 Å². The van der Waals surface area contributed by atoms with E-state index >= 15 is 0 Å². The van der Waals surface area contributed by atoms with Gasteiger partial charge in [-0.25, -0.2) is 8.78 Å². The molecule has 1 aromatic rings. The molecule has 0 saturated heterocycles. The number of hydrogen-bond acceptors (Lipinski definition) is 1. The largest absolute Gasteiger partial charge is 0.455 e. The van der Waals surface area contributed by atoms with Gasteiger partial charge in [0.1, 0.15) is 5.76 Å². The molecule has 0 aliphatic rings. The van der Waals surface area contributed by atoms with Crippen LogP contribution in [0.4, 0.5) is 13.2 Å². The lowest BCUT2D eigenvalue weighted by atomic mass is 10.1. The van der Waals surface area contributed by atoms with E-state index in [1.165, 1.54) is 19.9 Å². The Balaban J connectivity index is 3.39. The molecule has 1 nitrogen and oxygen atoms in total. The van der Waals surface area contributed by atoms with E-state index in [2.05, 4.69) is 13.2 Å². The average molecular weight is 228 g/mol. The standard InChI is InChI=1S/C12H11F3O/c1-5-6(2)16-12-8(4)7(3)9(13)10(14)11(12)15/h5H,1-2H2,3-4H3. The van der Waals surface area contributed by atoms with E-state index in [-0.39, 0.29) is 22.6 Å². The summed E-state index contributed by atoms with van der Waals surface area (Å²) < 4.78 is 44.6. The summed E-state index contributed by atoms with van der Waals surface area (Å²) in [5, 5.41) is 0. The van der Waals surface area contributed by atoms with Crippen molar-refractivity contribution in [1.29, 1.82) is 0 Å². The maximum Gasteiger partial charge on any atom is 0.204 e. The smallest absolute Gasteiger partial charge is 0.204 e. The third-order valence-electron chi connectivity index (χ3n) is 2.28. The summed E-state index contributed by atoms with van der Waals surface area (Å²) in [6.45, 7) is 9.55. The molecule has 0 aromatic heterocycles. The number of allylic oxidation sites excluding steroid dienone is 1. The molecule has 0 radical (unpaired) electrons. The molecule has 0 heterocycles. The second-order valence-corrected chi connectivity index (χ2v) is 3.29. The Labute approximate surface area is 91.9 Å². The number of hydrogen-bond donors (Lipinski definition) is 0. The number of ether oxygens (including phenoxy) is 1. The zero-order chi connectivity index (χ0) is 12.5. The summed E-state index contributed by atoms with van der Waals surface area (Å²) in [5.74, 6) is -4.40. The topological polar surface area (TPSA) is 9.23 Å². The van der Waals surface area contributed by atoms with Crippen molar-refractivity contribution in [2.45, 2.75) is 13.8 Å². The highest BCUT2D eigenvalue weighted by atomic mass is 19.2. The van der Waals surface area contributed by atoms with Gasteiger partial charge in [-0.3, -0.25) is 0 Å². The van der Waals surface area contributed by atoms with Crippen molar-refractivity contribution in [1.82, 2.24) is 0 Å². The Morgan fingerprint density at radius 2 is 1.62 bits per heavy atom. The summed E-state index contributed by atoms with van der Waals surface area (Å²) in [4.78, 5) is 0. The van der Waals surface area contributed by atoms with Gasteiger partial charge in [0, 0.05) is 5.56 Å². The average Bonchev–Trinajstić information content (AvgIpc) is 2.29. The fourth-order valence-corrected chi connectivity index (χ4v) is 1.15. The summed E-state index contributed by atoms with van der Waals surface area (Å²) in [7, 11) is 0. The van der Waals surface area contributed by atoms with Crippen LogP contribution in [0.15, 0.2) is 25.0 Å². The molecule has 86 valence electrons. The van der Waals surface area contributed by atoms with E-state index in [0.29, 0.717) is 0 Å². The van der Waals surface area contributed by atoms with Gasteiger partial charge in [-0.2, -0.15) is 4.39 Å². The lowest BCUT2D eigenvalue weighted by molar-refractivity contribution is 0.373. The number of halogens is 3. The molecule has 0 aliphatic heterocycles. The molecule has 0 unspecified atom stereocenters. The minimum atomic E-state index is -1.55. The van der Waals surface area contributed by atoms with E-state index in [4.69, 9.17) is 4.74 Å². The second-order valence-electron chi connectivity index (χ2n) is 3.29. The molecule has 0 fully saturated rings. The Kier molecular flexibility index (Phi) is 3.42. The molecule has 1 aromatic carbocycles. The van der Waals surface area contributed by atoms with E-state index in [1.54, 1.807) is 0 Å². The Morgan fingerprint density at radius 3 is 2.12 bits per heavy atom. The highest BCUT2D eigenvalue weighted by Gasteiger charge is 2.21. The molecular weight excluding hydrogens is 217 g/mol. The van der Waals surface area contributed by atoms with Crippen molar-refractivity contribution >= 4 is 0 Å². The van der Waals surface area contributed by atoms with Gasteiger partial charge in [-0.1, -0.05) is 13.2 Å². The first-order valence-corrected chi connectivity index (χ1v) is 4.53. The minimum Gasteiger partial charge on any atom is -0.455 e. The predicted octanol–water partition coefficient (Wildman–Crippen LogP) is 3.80. The van der Waals surface area contributed by atoms with Crippen LogP contribution in [-0.4, -0.2) is 0 Å². The highest BCUT2D eigenvalue weighted by molar-refractivity contribution is 5.42. The molecule has 1 rings (SSSR count). The summed E-state index contributed by atoms with van der Waals surface area (Å²) in [6.07, 6.45) is 1.25. The fourth-order valence-electron chi connectivity index (χ4n) is 1.15. The molecule has 16 heavy (non-hydrogen) atoms. The molecule has 0 atom stereocenters. The SMILES string of the molecule is C=CC(=C)Oc1c(C)c(C)c(F)c(F)c1F. The van der Waals surface area contributed by atoms with Crippen LogP contribution in [0.3, 0.4) is 0 Å². The third kappa shape index (κ3) is 1.96. The second kappa shape index (κ2) is 4.43. The molecule has 0 aliphatic carbocycles. The van der Waals surface area contributed by atoms with Crippen LogP contribution in [-0.2, 0) is 0 Å². The zero-order valence-corrected chi connectivity index (χ0v) is 9.03. The molecule has 4 heteroatoms. The van der Waals surface area contributed by atoms with E-state index < -0.39 is 17.5 Å². The lowest BCUT2D eigenvalue weighted by Gasteiger charge is -2.13. The summed E-state index contributed by atoms with van der Waals surface area (Å²) in [6, 6.07) is 0. The molecule has 0 saturated carbocycles. The zero-order valence-electron chi connectivity index (χ0n) is 9.03. The predicted molar refractivity (Wildman–Crippen MR) is 55.8 cm³/mol. The highest BCUT2D eigenvalue weighted by Crippen LogP contribution is 2.31. The summed E-state index contributed by atoms with van der Waals surface area (Å²) >= 11 is 0. The van der Waals surface area contributed by atoms with Crippen LogP contribution in [0.25, 0.3) is 0 Å². The Bertz CT molecular complexity index is 435. The van der Waals surface area contributed by atoms with Crippen LogP contribution in [0.1, 0.15) is 11.1 Å². The first-order chi connectivity index (χ1) is 7.40. The Hall–Kier alpha value is -1.71. The summed E-state index contributed by atoms with van der Waals surface area (Å²) in [5.41, 5.74) is 0.199. The first kappa shape index (κ1) is 12.4. The molecule has 0 spiro atoms. The Morgan fingerprint density at radius 1 is 1.06 bits per heavy atom. The van der Waals surface area contributed by atoms with Gasteiger partial charge < -0.3 is 4.74 Å². The van der Waals surface area contributed by atoms with Crippen molar-refractivity contribution in [2.75, 3.05) is 0 Å². The van der Waals surface area contributed by atoms with Gasteiger partial charge in [0.15, 0.2) is 17.4 Å². The van der Waals surface area contributed by atoms with Gasteiger partial charge in [0.05, 0.1) is 0 Å². The van der Waals surface area contributed by atoms with Crippen molar-refractivity contribution < 1.29 is 17.9 Å². The van der Waals surface area contributed by atoms with E-state index in [1.807, 2.05) is 0 Å². The van der Waals surface area contributed by atoms with Gasteiger partial charge in [-0.05, 0) is 25.5 Å². The maximum absolute atomic E-state index is 13.4. The lowest BCUT2D eigenvalue weighted by Crippen LogP contribution is -2.04. The van der Waals surface area contributed by atoms with Crippen LogP contribution < -0.4 is 4.74 Å². The van der Waals surface area contributed by atoms with Gasteiger partial charge in [0.2, 0.25) is 5.82 Å². The van der Waals surface area contributed by atoms with Crippen molar-refractivity contribution in [3.8, 4) is 5.75 Å². The minimum absolute atomic E-state index is 0.00534. The van der Waals surface area contributed by atoms with Crippen molar-refractivity contribution in [3.05, 3.63) is 53.6 Å². The number of rotatable bonds is 3. The molecule has 0 bridgehead atoms. The molecule has 0 amide bonds. The van der Waals surface area contributed by atoms with E-state index in [9.17, 15) is 13.2 Å². The van der Waals surface area contributed by atoms with Crippen LogP contribution in [0.2, 0.25) is 0 Å². The molecule has 0 N–H and O–H groups in total.